The van der Waals surface area contributed by atoms with Gasteiger partial charge in [0, 0.05) is 29.9 Å². The summed E-state index contributed by atoms with van der Waals surface area (Å²) in [5, 5.41) is 2.14. The molecule has 0 saturated carbocycles. The van der Waals surface area contributed by atoms with Crippen LogP contribution in [-0.2, 0) is 22.6 Å². The quantitative estimate of drug-likeness (QED) is 0.767. The van der Waals surface area contributed by atoms with E-state index in [4.69, 9.17) is 0 Å². The van der Waals surface area contributed by atoms with Gasteiger partial charge in [-0.1, -0.05) is 18.2 Å². The molecular weight excluding hydrogens is 393 g/mol. The molecule has 1 N–H and O–H groups in total. The van der Waals surface area contributed by atoms with Crippen LogP contribution in [0.25, 0.3) is 0 Å². The number of rotatable bonds is 2. The normalized spacial score (nSPS) is 21.0. The third-order valence-corrected chi connectivity index (χ3v) is 5.36. The molecule has 1 amide bonds. The second kappa shape index (κ2) is 6.33. The predicted molar refractivity (Wildman–Crippen MR) is 94.9 cm³/mol. The van der Waals surface area contributed by atoms with Gasteiger partial charge in [0.1, 0.15) is 17.8 Å². The topological polar surface area (TPSA) is 54.4 Å². The van der Waals surface area contributed by atoms with Crippen LogP contribution in [0.15, 0.2) is 41.5 Å². The highest BCUT2D eigenvalue weighted by molar-refractivity contribution is 6.14. The van der Waals surface area contributed by atoms with E-state index in [9.17, 15) is 26.7 Å². The maximum absolute atomic E-state index is 14.0. The van der Waals surface area contributed by atoms with E-state index in [1.165, 1.54) is 12.1 Å². The Morgan fingerprint density at radius 1 is 1.14 bits per heavy atom. The molecule has 1 aliphatic carbocycles. The Morgan fingerprint density at radius 2 is 1.90 bits per heavy atom. The van der Waals surface area contributed by atoms with Crippen molar-refractivity contribution in [3.8, 4) is 0 Å². The summed E-state index contributed by atoms with van der Waals surface area (Å²) in [4.78, 5) is 21.3. The first kappa shape index (κ1) is 19.5. The Hall–Kier alpha value is -2.84. The number of aromatic nitrogens is 1. The first-order chi connectivity index (χ1) is 13.5. The zero-order valence-corrected chi connectivity index (χ0v) is 15.3. The summed E-state index contributed by atoms with van der Waals surface area (Å²) in [6, 6.07) is 6.98. The van der Waals surface area contributed by atoms with Crippen LogP contribution in [0.4, 0.5) is 22.0 Å². The second-order valence-corrected chi connectivity index (χ2v) is 7.29. The Morgan fingerprint density at radius 3 is 2.59 bits per heavy atom. The number of nitrogens with zero attached hydrogens (tertiary/aromatic N) is 2. The molecule has 2 heterocycles. The smallest absolute Gasteiger partial charge is 0.361 e. The number of carbonyl (C=O) groups is 1. The summed E-state index contributed by atoms with van der Waals surface area (Å²) >= 11 is 0. The fourth-order valence-corrected chi connectivity index (χ4v) is 4.04. The van der Waals surface area contributed by atoms with Crippen LogP contribution in [-0.4, -0.2) is 29.4 Å². The lowest BCUT2D eigenvalue weighted by Crippen LogP contribution is -2.44. The zero-order valence-electron chi connectivity index (χ0n) is 15.3. The van der Waals surface area contributed by atoms with E-state index in [-0.39, 0.29) is 28.9 Å². The van der Waals surface area contributed by atoms with Crippen LogP contribution in [0, 0.1) is 0 Å². The molecule has 1 aromatic heterocycles. The summed E-state index contributed by atoms with van der Waals surface area (Å²) in [7, 11) is 0. The summed E-state index contributed by atoms with van der Waals surface area (Å²) in [5.74, 6) is -4.13. The van der Waals surface area contributed by atoms with Crippen LogP contribution < -0.4 is 5.32 Å². The Kier molecular flexibility index (Phi) is 4.25. The van der Waals surface area contributed by atoms with Gasteiger partial charge in [-0.15, -0.1) is 0 Å². The van der Waals surface area contributed by atoms with Crippen molar-refractivity contribution in [3.63, 3.8) is 0 Å². The molecule has 0 saturated heterocycles. The summed E-state index contributed by atoms with van der Waals surface area (Å²) in [5.41, 5.74) is -0.00278. The van der Waals surface area contributed by atoms with Gasteiger partial charge in [-0.3, -0.25) is 9.78 Å². The monoisotopic (exact) mass is 409 g/mol. The van der Waals surface area contributed by atoms with E-state index in [2.05, 4.69) is 15.3 Å². The maximum atomic E-state index is 14.0. The highest BCUT2D eigenvalue weighted by Crippen LogP contribution is 2.48. The Bertz CT molecular complexity index is 1030. The molecule has 1 aliphatic heterocycles. The molecule has 0 radical (unpaired) electrons. The van der Waals surface area contributed by atoms with Gasteiger partial charge < -0.3 is 5.32 Å². The Labute approximate surface area is 162 Å². The van der Waals surface area contributed by atoms with Gasteiger partial charge in [-0.25, -0.2) is 8.78 Å². The molecule has 4 rings (SSSR count). The zero-order chi connectivity index (χ0) is 21.0. The first-order valence-electron chi connectivity index (χ1n) is 8.94. The van der Waals surface area contributed by atoms with E-state index < -0.39 is 30.0 Å². The van der Waals surface area contributed by atoms with E-state index in [1.54, 1.807) is 18.3 Å². The van der Waals surface area contributed by atoms with Gasteiger partial charge in [-0.2, -0.15) is 18.2 Å². The second-order valence-electron chi connectivity index (χ2n) is 7.29. The number of alkyl halides is 5. The van der Waals surface area contributed by atoms with Gasteiger partial charge in [0.2, 0.25) is 0 Å². The number of aliphatic imine (C=N–C) groups is 1. The van der Waals surface area contributed by atoms with Crippen LogP contribution in [0.5, 0.6) is 0 Å². The van der Waals surface area contributed by atoms with Crippen LogP contribution >= 0.6 is 0 Å². The number of benzene rings is 1. The molecule has 29 heavy (non-hydrogen) atoms. The van der Waals surface area contributed by atoms with Gasteiger partial charge >= 0.3 is 6.18 Å². The summed E-state index contributed by atoms with van der Waals surface area (Å²) in [6.45, 7) is -0.664. The molecule has 0 bridgehead atoms. The van der Waals surface area contributed by atoms with Gasteiger partial charge in [0.15, 0.2) is 0 Å². The summed E-state index contributed by atoms with van der Waals surface area (Å²) < 4.78 is 66.1. The van der Waals surface area contributed by atoms with E-state index in [0.717, 1.165) is 13.0 Å². The van der Waals surface area contributed by atoms with Crippen molar-refractivity contribution in [3.05, 3.63) is 64.5 Å². The SMILES string of the molecule is CC(F)(F)c1ccc2c(c1)C1(CCc3ncccc31)C(=O)N=C2NCC(F)(F)F. The molecule has 0 fully saturated rings. The average molecular weight is 409 g/mol. The van der Waals surface area contributed by atoms with Crippen molar-refractivity contribution >= 4 is 11.7 Å². The van der Waals surface area contributed by atoms with Crippen molar-refractivity contribution in [1.29, 1.82) is 0 Å². The van der Waals surface area contributed by atoms with Crippen LogP contribution in [0.2, 0.25) is 0 Å². The molecule has 152 valence electrons. The number of amides is 1. The van der Waals surface area contributed by atoms with E-state index in [0.29, 0.717) is 17.7 Å². The predicted octanol–water partition coefficient (Wildman–Crippen LogP) is 3.86. The number of halogens is 5. The van der Waals surface area contributed by atoms with Gasteiger partial charge in [-0.05, 0) is 36.1 Å². The lowest BCUT2D eigenvalue weighted by atomic mass is 9.71. The molecule has 1 atom stereocenters. The van der Waals surface area contributed by atoms with Gasteiger partial charge in [0.25, 0.3) is 11.8 Å². The number of pyridine rings is 1. The number of hydrogen-bond acceptors (Lipinski definition) is 3. The van der Waals surface area contributed by atoms with Gasteiger partial charge in [0.05, 0.1) is 0 Å². The number of nitrogens with one attached hydrogen (secondary N) is 1. The molecule has 2 aliphatic rings. The minimum atomic E-state index is -4.53. The number of aryl methyl sites for hydroxylation is 1. The number of amidine groups is 1. The highest BCUT2D eigenvalue weighted by Gasteiger charge is 2.51. The maximum Gasteiger partial charge on any atom is 0.405 e. The third-order valence-electron chi connectivity index (χ3n) is 5.36. The number of fused-ring (bicyclic) bond motifs is 4. The largest absolute Gasteiger partial charge is 0.405 e. The fraction of sp³-hybridized carbons (Fsp3) is 0.350. The standard InChI is InChI=1S/C20H16F5N3O/c1-18(21,22)11-4-5-12-14(9-11)19(7-6-15-13(19)3-2-8-26-15)17(29)28-16(12)27-10-20(23,24)25/h2-5,8-9H,6-7,10H2,1H3,(H,27,28,29). The molecule has 1 unspecified atom stereocenters. The van der Waals surface area contributed by atoms with Crippen molar-refractivity contribution < 1.29 is 26.7 Å². The van der Waals surface area contributed by atoms with E-state index in [1.807, 2.05) is 0 Å². The molecule has 2 aromatic rings. The fourth-order valence-electron chi connectivity index (χ4n) is 4.04. The average Bonchev–Trinajstić information content (AvgIpc) is 3.03. The highest BCUT2D eigenvalue weighted by atomic mass is 19.4. The van der Waals surface area contributed by atoms with Crippen molar-refractivity contribution in [2.24, 2.45) is 4.99 Å². The minimum Gasteiger partial charge on any atom is -0.361 e. The summed E-state index contributed by atoms with van der Waals surface area (Å²) in [6.07, 6.45) is -2.25. The molecular formula is C20H16F5N3O. The third kappa shape index (κ3) is 3.18. The lowest BCUT2D eigenvalue weighted by molar-refractivity contribution is -0.124. The van der Waals surface area contributed by atoms with Crippen molar-refractivity contribution in [2.45, 2.75) is 37.3 Å². The molecule has 4 nitrogen and oxygen atoms in total. The lowest BCUT2D eigenvalue weighted by Gasteiger charge is -2.34. The molecule has 1 spiro atoms. The van der Waals surface area contributed by atoms with Crippen LogP contribution in [0.3, 0.4) is 0 Å². The van der Waals surface area contributed by atoms with E-state index >= 15 is 0 Å². The van der Waals surface area contributed by atoms with Crippen molar-refractivity contribution in [2.75, 3.05) is 6.54 Å². The van der Waals surface area contributed by atoms with Crippen molar-refractivity contribution in [1.82, 2.24) is 10.3 Å². The Balaban J connectivity index is 1.92. The number of hydrogen-bond donors (Lipinski definition) is 1. The molecule has 1 aromatic carbocycles. The first-order valence-corrected chi connectivity index (χ1v) is 8.94. The molecule has 9 heteroatoms. The van der Waals surface area contributed by atoms with Crippen LogP contribution in [0.1, 0.15) is 41.3 Å². The minimum absolute atomic E-state index is 0.207. The number of carbonyl (C=O) groups excluding carboxylic acids is 1.